The summed E-state index contributed by atoms with van der Waals surface area (Å²) >= 11 is 10.1. The van der Waals surface area contributed by atoms with E-state index >= 15 is 0 Å². The van der Waals surface area contributed by atoms with E-state index in [2.05, 4.69) is 34.1 Å². The Morgan fingerprint density at radius 2 is 1.83 bits per heavy atom. The Balaban J connectivity index is 1.98. The smallest absolute Gasteiger partial charge is 0.0846 e. The number of benzene rings is 2. The zero-order valence-corrected chi connectivity index (χ0v) is 12.0. The number of rotatable bonds is 2. The molecule has 1 nitrogen and oxygen atoms in total. The highest BCUT2D eigenvalue weighted by Crippen LogP contribution is 2.35. The number of hydrogen-bond acceptors (Lipinski definition) is 1. The predicted octanol–water partition coefficient (Wildman–Crippen LogP) is 4.81. The van der Waals surface area contributed by atoms with Gasteiger partial charge in [0.1, 0.15) is 0 Å². The maximum atomic E-state index is 6.57. The zero-order valence-electron chi connectivity index (χ0n) is 9.70. The summed E-state index contributed by atoms with van der Waals surface area (Å²) in [5.74, 6) is 0. The topological polar surface area (TPSA) is 9.23 Å². The van der Waals surface area contributed by atoms with Gasteiger partial charge in [-0.25, -0.2) is 0 Å². The minimum atomic E-state index is -0.133. The van der Waals surface area contributed by atoms with Crippen molar-refractivity contribution in [2.75, 3.05) is 0 Å². The SMILES string of the molecule is ClC(c1ccc2c(c1)COC2)c1ccccc1Br. The van der Waals surface area contributed by atoms with Crippen molar-refractivity contribution >= 4 is 27.5 Å². The molecule has 1 aliphatic rings. The predicted molar refractivity (Wildman–Crippen MR) is 76.8 cm³/mol. The third-order valence-corrected chi connectivity index (χ3v) is 4.43. The molecule has 0 spiro atoms. The van der Waals surface area contributed by atoms with E-state index < -0.39 is 0 Å². The second kappa shape index (κ2) is 5.04. The van der Waals surface area contributed by atoms with Crippen molar-refractivity contribution in [3.8, 4) is 0 Å². The number of ether oxygens (including phenoxy) is 1. The molecule has 3 rings (SSSR count). The zero-order chi connectivity index (χ0) is 12.5. The first-order valence-electron chi connectivity index (χ1n) is 5.83. The average Bonchev–Trinajstić information content (AvgIpc) is 2.85. The van der Waals surface area contributed by atoms with Gasteiger partial charge in [0.25, 0.3) is 0 Å². The monoisotopic (exact) mass is 322 g/mol. The van der Waals surface area contributed by atoms with Crippen LogP contribution >= 0.6 is 27.5 Å². The Morgan fingerprint density at radius 1 is 1.06 bits per heavy atom. The number of hydrogen-bond donors (Lipinski definition) is 0. The van der Waals surface area contributed by atoms with Gasteiger partial charge in [0, 0.05) is 4.47 Å². The maximum Gasteiger partial charge on any atom is 0.0846 e. The molecule has 0 aromatic heterocycles. The van der Waals surface area contributed by atoms with Gasteiger partial charge in [-0.05, 0) is 28.3 Å². The van der Waals surface area contributed by atoms with E-state index in [4.69, 9.17) is 16.3 Å². The lowest BCUT2D eigenvalue weighted by atomic mass is 10.00. The van der Waals surface area contributed by atoms with Gasteiger partial charge in [0.05, 0.1) is 18.6 Å². The quantitative estimate of drug-likeness (QED) is 0.721. The lowest BCUT2D eigenvalue weighted by Crippen LogP contribution is -1.96. The average molecular weight is 324 g/mol. The third-order valence-electron chi connectivity index (χ3n) is 3.22. The van der Waals surface area contributed by atoms with Crippen molar-refractivity contribution in [3.63, 3.8) is 0 Å². The normalized spacial score (nSPS) is 15.4. The summed E-state index contributed by atoms with van der Waals surface area (Å²) in [5, 5.41) is -0.133. The molecular formula is C15H12BrClO. The van der Waals surface area contributed by atoms with Crippen LogP contribution in [-0.4, -0.2) is 0 Å². The summed E-state index contributed by atoms with van der Waals surface area (Å²) in [4.78, 5) is 0. The molecule has 0 saturated heterocycles. The molecule has 1 aliphatic heterocycles. The van der Waals surface area contributed by atoms with Crippen molar-refractivity contribution in [1.29, 1.82) is 0 Å². The van der Waals surface area contributed by atoms with Gasteiger partial charge in [-0.2, -0.15) is 0 Å². The van der Waals surface area contributed by atoms with Gasteiger partial charge in [0.2, 0.25) is 0 Å². The first kappa shape index (κ1) is 12.2. The fourth-order valence-corrected chi connectivity index (χ4v) is 3.18. The number of halogens is 2. The number of fused-ring (bicyclic) bond motifs is 1. The van der Waals surface area contributed by atoms with Crippen LogP contribution in [0.2, 0.25) is 0 Å². The summed E-state index contributed by atoms with van der Waals surface area (Å²) in [6.45, 7) is 1.42. The van der Waals surface area contributed by atoms with Gasteiger partial charge in [-0.15, -0.1) is 11.6 Å². The molecule has 2 aromatic carbocycles. The van der Waals surface area contributed by atoms with Crippen LogP contribution in [0.1, 0.15) is 27.6 Å². The van der Waals surface area contributed by atoms with Crippen molar-refractivity contribution < 1.29 is 4.74 Å². The lowest BCUT2D eigenvalue weighted by Gasteiger charge is -2.13. The van der Waals surface area contributed by atoms with Crippen molar-refractivity contribution in [1.82, 2.24) is 0 Å². The first-order chi connectivity index (χ1) is 8.75. The van der Waals surface area contributed by atoms with Crippen LogP contribution in [-0.2, 0) is 18.0 Å². The number of alkyl halides is 1. The van der Waals surface area contributed by atoms with Crippen molar-refractivity contribution in [2.45, 2.75) is 18.6 Å². The molecule has 0 amide bonds. The van der Waals surface area contributed by atoms with Gasteiger partial charge >= 0.3 is 0 Å². The first-order valence-corrected chi connectivity index (χ1v) is 7.06. The Bertz CT molecular complexity index is 582. The summed E-state index contributed by atoms with van der Waals surface area (Å²) < 4.78 is 6.47. The fraction of sp³-hybridized carbons (Fsp3) is 0.200. The Morgan fingerprint density at radius 3 is 2.67 bits per heavy atom. The van der Waals surface area contributed by atoms with Crippen LogP contribution in [0, 0.1) is 0 Å². The van der Waals surface area contributed by atoms with Crippen LogP contribution in [0.5, 0.6) is 0 Å². The van der Waals surface area contributed by atoms with Gasteiger partial charge in [0.15, 0.2) is 0 Å². The molecule has 0 saturated carbocycles. The molecule has 1 unspecified atom stereocenters. The molecular weight excluding hydrogens is 312 g/mol. The van der Waals surface area contributed by atoms with Crippen molar-refractivity contribution in [3.05, 3.63) is 69.2 Å². The Kier molecular flexibility index (Phi) is 3.42. The highest BCUT2D eigenvalue weighted by atomic mass is 79.9. The van der Waals surface area contributed by atoms with Gasteiger partial charge in [-0.1, -0.05) is 52.3 Å². The van der Waals surface area contributed by atoms with E-state index in [1.165, 1.54) is 11.1 Å². The van der Waals surface area contributed by atoms with Crippen LogP contribution in [0.25, 0.3) is 0 Å². The summed E-state index contributed by atoms with van der Waals surface area (Å²) in [7, 11) is 0. The molecule has 3 heteroatoms. The maximum absolute atomic E-state index is 6.57. The highest BCUT2D eigenvalue weighted by Gasteiger charge is 2.17. The summed E-state index contributed by atoms with van der Waals surface area (Å²) in [6.07, 6.45) is 0. The second-order valence-electron chi connectivity index (χ2n) is 4.41. The highest BCUT2D eigenvalue weighted by molar-refractivity contribution is 9.10. The van der Waals surface area contributed by atoms with E-state index in [9.17, 15) is 0 Å². The largest absolute Gasteiger partial charge is 0.372 e. The fourth-order valence-electron chi connectivity index (χ4n) is 2.21. The van der Waals surface area contributed by atoms with E-state index in [0.29, 0.717) is 6.61 Å². The van der Waals surface area contributed by atoms with E-state index in [1.807, 2.05) is 24.3 Å². The standard InChI is InChI=1S/C15H12BrClO/c16-14-4-2-1-3-13(14)15(17)10-5-6-11-8-18-9-12(11)7-10/h1-7,15H,8-9H2. The minimum Gasteiger partial charge on any atom is -0.372 e. The molecule has 18 heavy (non-hydrogen) atoms. The van der Waals surface area contributed by atoms with E-state index in [0.717, 1.165) is 22.2 Å². The molecule has 0 bridgehead atoms. The minimum absolute atomic E-state index is 0.133. The molecule has 0 aliphatic carbocycles. The summed E-state index contributed by atoms with van der Waals surface area (Å²) in [5.41, 5.74) is 4.74. The van der Waals surface area contributed by atoms with Crippen LogP contribution in [0.4, 0.5) is 0 Å². The summed E-state index contributed by atoms with van der Waals surface area (Å²) in [6, 6.07) is 14.4. The lowest BCUT2D eigenvalue weighted by molar-refractivity contribution is 0.134. The Hall–Kier alpha value is -0.830. The van der Waals surface area contributed by atoms with E-state index in [1.54, 1.807) is 0 Å². The molecule has 0 N–H and O–H groups in total. The van der Waals surface area contributed by atoms with Crippen molar-refractivity contribution in [2.24, 2.45) is 0 Å². The van der Waals surface area contributed by atoms with Gasteiger partial charge < -0.3 is 4.74 Å². The molecule has 92 valence electrons. The van der Waals surface area contributed by atoms with Crippen LogP contribution in [0.15, 0.2) is 46.9 Å². The van der Waals surface area contributed by atoms with Crippen LogP contribution in [0.3, 0.4) is 0 Å². The Labute approximate surface area is 120 Å². The molecule has 1 heterocycles. The van der Waals surface area contributed by atoms with Crippen LogP contribution < -0.4 is 0 Å². The van der Waals surface area contributed by atoms with E-state index in [-0.39, 0.29) is 5.38 Å². The molecule has 0 radical (unpaired) electrons. The molecule has 1 atom stereocenters. The van der Waals surface area contributed by atoms with Gasteiger partial charge in [-0.3, -0.25) is 0 Å². The third kappa shape index (κ3) is 2.20. The molecule has 2 aromatic rings. The second-order valence-corrected chi connectivity index (χ2v) is 5.70. The molecule has 0 fully saturated rings.